The van der Waals surface area contributed by atoms with Crippen LogP contribution < -0.4 is 59.1 Å². The molecule has 6 heteroatoms. The van der Waals surface area contributed by atoms with Crippen LogP contribution in [-0.4, -0.2) is 24.2 Å². The fourth-order valence-electron chi connectivity index (χ4n) is 0.196. The number of ether oxygens (including phenoxy) is 1. The standard InChI is InChI=1S/C4H6O4.2Na.2H/c1-8-4(7)2-3(5)6;;;;/h2H2,1H3,(H,5,6);;;;/q;2*+1;2*-1. The van der Waals surface area contributed by atoms with Gasteiger partial charge < -0.3 is 12.7 Å². The third-order valence-electron chi connectivity index (χ3n) is 0.523. The van der Waals surface area contributed by atoms with Gasteiger partial charge in [0.15, 0.2) is 0 Å². The zero-order valence-corrected chi connectivity index (χ0v) is 10.4. The average molecular weight is 166 g/mol. The number of hydrogen-bond donors (Lipinski definition) is 1. The maximum Gasteiger partial charge on any atom is 1.00 e. The molecule has 50 valence electrons. The number of hydrogen-bond acceptors (Lipinski definition) is 3. The van der Waals surface area contributed by atoms with Crippen molar-refractivity contribution in [3.63, 3.8) is 0 Å². The van der Waals surface area contributed by atoms with Gasteiger partial charge >= 0.3 is 71.1 Å². The molecule has 0 atom stereocenters. The number of carboxylic acid groups (broad SMARTS) is 1. The van der Waals surface area contributed by atoms with E-state index in [1.807, 2.05) is 0 Å². The molecule has 0 aromatic rings. The van der Waals surface area contributed by atoms with Crippen LogP contribution in [0.4, 0.5) is 0 Å². The van der Waals surface area contributed by atoms with Gasteiger partial charge in [-0.15, -0.1) is 0 Å². The van der Waals surface area contributed by atoms with Gasteiger partial charge in [0.25, 0.3) is 0 Å². The van der Waals surface area contributed by atoms with Crippen molar-refractivity contribution in [3.05, 3.63) is 0 Å². The zero-order valence-electron chi connectivity index (χ0n) is 8.38. The Morgan fingerprint density at radius 2 is 1.90 bits per heavy atom. The molecular formula is C4H8Na2O4. The van der Waals surface area contributed by atoms with Gasteiger partial charge in [0.2, 0.25) is 0 Å². The van der Waals surface area contributed by atoms with Crippen molar-refractivity contribution in [2.75, 3.05) is 7.11 Å². The Kier molecular flexibility index (Phi) is 17.0. The molecule has 4 nitrogen and oxygen atoms in total. The van der Waals surface area contributed by atoms with Gasteiger partial charge in [0.05, 0.1) is 7.11 Å². The molecule has 1 N–H and O–H groups in total. The van der Waals surface area contributed by atoms with E-state index in [-0.39, 0.29) is 62.0 Å². The molecule has 0 saturated carbocycles. The summed E-state index contributed by atoms with van der Waals surface area (Å²) >= 11 is 0. The molecule has 0 rings (SSSR count). The van der Waals surface area contributed by atoms with Gasteiger partial charge in [-0.1, -0.05) is 0 Å². The van der Waals surface area contributed by atoms with Gasteiger partial charge in [-0.05, 0) is 0 Å². The summed E-state index contributed by atoms with van der Waals surface area (Å²) in [6.45, 7) is 0. The number of carbonyl (C=O) groups excluding carboxylic acids is 1. The van der Waals surface area contributed by atoms with Crippen molar-refractivity contribution in [1.29, 1.82) is 0 Å². The van der Waals surface area contributed by atoms with E-state index in [1.54, 1.807) is 0 Å². The second kappa shape index (κ2) is 9.94. The molecule has 0 aliphatic heterocycles. The van der Waals surface area contributed by atoms with E-state index in [0.29, 0.717) is 0 Å². The van der Waals surface area contributed by atoms with Gasteiger partial charge in [0.1, 0.15) is 6.42 Å². The monoisotopic (exact) mass is 166 g/mol. The minimum atomic E-state index is -1.17. The summed E-state index contributed by atoms with van der Waals surface area (Å²) in [6, 6.07) is 0. The molecular weight excluding hydrogens is 158 g/mol. The van der Waals surface area contributed by atoms with Crippen LogP contribution in [0.3, 0.4) is 0 Å². The fraction of sp³-hybridized carbons (Fsp3) is 0.500. The molecule has 0 fully saturated rings. The van der Waals surface area contributed by atoms with E-state index >= 15 is 0 Å². The second-order valence-electron chi connectivity index (χ2n) is 1.15. The summed E-state index contributed by atoms with van der Waals surface area (Å²) < 4.78 is 4.04. The number of rotatable bonds is 2. The van der Waals surface area contributed by atoms with E-state index in [1.165, 1.54) is 0 Å². The molecule has 0 saturated heterocycles. The van der Waals surface area contributed by atoms with Crippen LogP contribution in [0.15, 0.2) is 0 Å². The Hall–Kier alpha value is 0.940. The summed E-state index contributed by atoms with van der Waals surface area (Å²) in [5.41, 5.74) is 0. The first-order valence-electron chi connectivity index (χ1n) is 1.95. The summed E-state index contributed by atoms with van der Waals surface area (Å²) in [5, 5.41) is 7.91. The van der Waals surface area contributed by atoms with E-state index < -0.39 is 18.4 Å². The van der Waals surface area contributed by atoms with Gasteiger partial charge in [-0.2, -0.15) is 0 Å². The van der Waals surface area contributed by atoms with Crippen molar-refractivity contribution in [2.45, 2.75) is 6.42 Å². The Morgan fingerprint density at radius 1 is 1.50 bits per heavy atom. The Balaban J connectivity index is -0.0000000408. The molecule has 0 aliphatic rings. The third-order valence-corrected chi connectivity index (χ3v) is 0.523. The molecule has 0 aromatic heterocycles. The van der Waals surface area contributed by atoms with Crippen LogP contribution in [0, 0.1) is 0 Å². The SMILES string of the molecule is COC(=O)CC(=O)O.[H-].[H-].[Na+].[Na+]. The molecule has 0 heterocycles. The molecule has 0 bridgehead atoms. The molecule has 0 aromatic carbocycles. The fourth-order valence-corrected chi connectivity index (χ4v) is 0.196. The average Bonchev–Trinajstić information content (AvgIpc) is 1.65. The first-order valence-corrected chi connectivity index (χ1v) is 1.95. The van der Waals surface area contributed by atoms with E-state index in [4.69, 9.17) is 5.11 Å². The number of carboxylic acids is 1. The van der Waals surface area contributed by atoms with E-state index in [9.17, 15) is 9.59 Å². The molecule has 0 spiro atoms. The van der Waals surface area contributed by atoms with Gasteiger partial charge in [-0.3, -0.25) is 9.59 Å². The number of carbonyl (C=O) groups is 2. The van der Waals surface area contributed by atoms with E-state index in [0.717, 1.165) is 7.11 Å². The number of esters is 1. The summed E-state index contributed by atoms with van der Waals surface area (Å²) in [6.07, 6.45) is -0.559. The van der Waals surface area contributed by atoms with Gasteiger partial charge in [0, 0.05) is 0 Å². The zero-order chi connectivity index (χ0) is 6.57. The second-order valence-corrected chi connectivity index (χ2v) is 1.15. The predicted molar refractivity (Wildman–Crippen MR) is 26.5 cm³/mol. The first-order chi connectivity index (χ1) is 3.66. The third kappa shape index (κ3) is 11.7. The Morgan fingerprint density at radius 3 is 2.00 bits per heavy atom. The van der Waals surface area contributed by atoms with Gasteiger partial charge in [-0.25, -0.2) is 0 Å². The summed E-state index contributed by atoms with van der Waals surface area (Å²) in [5.74, 6) is -1.89. The van der Waals surface area contributed by atoms with Crippen molar-refractivity contribution in [3.8, 4) is 0 Å². The Bertz CT molecular complexity index is 122. The summed E-state index contributed by atoms with van der Waals surface area (Å²) in [4.78, 5) is 19.7. The van der Waals surface area contributed by atoms with Crippen molar-refractivity contribution >= 4 is 11.9 Å². The quantitative estimate of drug-likeness (QED) is 0.252. The molecule has 0 amide bonds. The number of methoxy groups -OCH3 is 1. The smallest absolute Gasteiger partial charge is 1.00 e. The van der Waals surface area contributed by atoms with Crippen LogP contribution in [0.5, 0.6) is 0 Å². The minimum Gasteiger partial charge on any atom is -1.00 e. The normalized spacial score (nSPS) is 6.50. The maximum absolute atomic E-state index is 10.0. The van der Waals surface area contributed by atoms with E-state index in [2.05, 4.69) is 4.74 Å². The number of aliphatic carboxylic acids is 1. The van der Waals surface area contributed by atoms with Crippen molar-refractivity contribution in [1.82, 2.24) is 0 Å². The minimum absolute atomic E-state index is 0. The maximum atomic E-state index is 10.0. The van der Waals surface area contributed by atoms with Crippen LogP contribution in [0.1, 0.15) is 9.27 Å². The predicted octanol–water partition coefficient (Wildman–Crippen LogP) is -6.13. The van der Waals surface area contributed by atoms with Crippen LogP contribution in [0.2, 0.25) is 0 Å². The summed E-state index contributed by atoms with van der Waals surface area (Å²) in [7, 11) is 1.14. The molecule has 0 aliphatic carbocycles. The molecule has 0 unspecified atom stereocenters. The Labute approximate surface area is 106 Å². The van der Waals surface area contributed by atoms with Crippen molar-refractivity contribution in [2.24, 2.45) is 0 Å². The molecule has 10 heavy (non-hydrogen) atoms. The van der Waals surface area contributed by atoms with Crippen molar-refractivity contribution < 1.29 is 81.4 Å². The molecule has 0 radical (unpaired) electrons. The topological polar surface area (TPSA) is 63.6 Å². The van der Waals surface area contributed by atoms with Crippen LogP contribution in [0.25, 0.3) is 0 Å². The van der Waals surface area contributed by atoms with Crippen LogP contribution >= 0.6 is 0 Å². The van der Waals surface area contributed by atoms with Crippen LogP contribution in [-0.2, 0) is 14.3 Å². The largest absolute Gasteiger partial charge is 1.00 e. The first kappa shape index (κ1) is 17.1.